The molecule has 2 aliphatic carbocycles. The van der Waals surface area contributed by atoms with Crippen molar-refractivity contribution in [1.29, 1.82) is 5.41 Å². The molecule has 0 radical (unpaired) electrons. The van der Waals surface area contributed by atoms with Crippen LogP contribution >= 0.6 is 58.8 Å². The zero-order chi connectivity index (χ0) is 66.8. The van der Waals surface area contributed by atoms with Crippen LogP contribution in [0.1, 0.15) is 226 Å². The first-order valence-corrected chi connectivity index (χ1v) is 37.6. The van der Waals surface area contributed by atoms with E-state index in [0.29, 0.717) is 11.0 Å². The van der Waals surface area contributed by atoms with E-state index in [-0.39, 0.29) is 35.2 Å². The molecule has 0 saturated heterocycles. The summed E-state index contributed by atoms with van der Waals surface area (Å²) in [4.78, 5) is 62.2. The van der Waals surface area contributed by atoms with Gasteiger partial charge in [-0.15, -0.1) is 0 Å². The summed E-state index contributed by atoms with van der Waals surface area (Å²) in [5, 5.41) is 12.6. The number of anilines is 1. The van der Waals surface area contributed by atoms with E-state index in [9.17, 15) is 28.8 Å². The second-order valence-electron chi connectivity index (χ2n) is 20.3. The number of rotatable bonds is 18. The smallest absolute Gasteiger partial charge is 0.221 e. The van der Waals surface area contributed by atoms with Crippen molar-refractivity contribution >= 4 is 105 Å². The predicted octanol–water partition coefficient (Wildman–Crippen LogP) is 19.7. The molecule has 5 N–H and O–H groups in total. The van der Waals surface area contributed by atoms with Gasteiger partial charge in [-0.1, -0.05) is 184 Å². The molecule has 2 atom stereocenters. The van der Waals surface area contributed by atoms with Gasteiger partial charge in [-0.3, -0.25) is 24.0 Å². The number of nitrogens with two attached hydrogens (primary N) is 1. The molecule has 0 spiro atoms. The second-order valence-corrected chi connectivity index (χ2v) is 25.4. The van der Waals surface area contributed by atoms with Crippen molar-refractivity contribution in [2.75, 3.05) is 66.7 Å². The van der Waals surface area contributed by atoms with Crippen LogP contribution in [-0.2, 0) is 24.0 Å². The average Bonchev–Trinajstić information content (AvgIpc) is 3.48. The Balaban J connectivity index is -0.000000159. The summed E-state index contributed by atoms with van der Waals surface area (Å²) in [6.07, 6.45) is 29.7. The molecule has 2 fully saturated rings. The minimum Gasteiger partial charge on any atom is -0.359 e. The molecule has 0 aromatic heterocycles. The summed E-state index contributed by atoms with van der Waals surface area (Å²) < 4.78 is 0. The fourth-order valence-electron chi connectivity index (χ4n) is 6.60. The Morgan fingerprint density at radius 1 is 0.553 bits per heavy atom. The minimum atomic E-state index is -0.259. The summed E-state index contributed by atoms with van der Waals surface area (Å²) in [7, 11) is 1.60. The van der Waals surface area contributed by atoms with E-state index < -0.39 is 0 Å². The molecule has 2 saturated carbocycles. The normalized spacial score (nSPS) is 12.3. The van der Waals surface area contributed by atoms with Crippen LogP contribution < -0.4 is 16.4 Å². The van der Waals surface area contributed by atoms with Crippen LogP contribution in [0.3, 0.4) is 0 Å². The third-order valence-corrected chi connectivity index (χ3v) is 15.6. The van der Waals surface area contributed by atoms with Crippen LogP contribution in [0.25, 0.3) is 0 Å². The maximum Gasteiger partial charge on any atom is 0.221 e. The number of amides is 2. The van der Waals surface area contributed by atoms with Gasteiger partial charge in [0.15, 0.2) is 5.78 Å². The van der Waals surface area contributed by atoms with Crippen LogP contribution in [0.4, 0.5) is 5.69 Å². The maximum atomic E-state index is 11.0. The summed E-state index contributed by atoms with van der Waals surface area (Å²) >= 11 is 8.75. The van der Waals surface area contributed by atoms with Crippen molar-refractivity contribution < 1.29 is 28.8 Å². The number of nitrogens with one attached hydrogen (secondary N) is 3. The molecule has 3 aromatic rings. The van der Waals surface area contributed by atoms with Crippen LogP contribution in [0.15, 0.2) is 78.9 Å². The SMILES string of the molecule is CC.CC.CC(=O)Nc1ccc(C)cc1.CC1CCCCC1.CC1CCCCC1.CNC(C)=O.CSC(C)c1ccc(C(C)=O)cc1.CSCC(N)C(C)=O.CSCCC(C)=O.CSCCCC(C)=N.CSCCCC(C)=O.Cc1ccccc1. The molecule has 2 unspecified atom stereocenters. The van der Waals surface area contributed by atoms with E-state index >= 15 is 0 Å². The van der Waals surface area contributed by atoms with Crippen molar-refractivity contribution in [3.63, 3.8) is 0 Å². The molecule has 0 aliphatic heterocycles. The first kappa shape index (κ1) is 95.3. The lowest BCUT2D eigenvalue weighted by Crippen LogP contribution is -2.30. The van der Waals surface area contributed by atoms with Crippen molar-refractivity contribution in [2.45, 2.75) is 218 Å². The fraction of sp³-hybridized carbons (Fsp3) is 0.643. The van der Waals surface area contributed by atoms with Gasteiger partial charge in [0.2, 0.25) is 11.8 Å². The molecule has 2 aliphatic rings. The highest BCUT2D eigenvalue weighted by Gasteiger charge is 2.08. The van der Waals surface area contributed by atoms with E-state index in [1.165, 1.54) is 107 Å². The largest absolute Gasteiger partial charge is 0.359 e. The quantitative estimate of drug-likeness (QED) is 0.0539. The average molecular weight is 1280 g/mol. The molecule has 15 heteroatoms. The van der Waals surface area contributed by atoms with Crippen molar-refractivity contribution in [3.8, 4) is 0 Å². The molecule has 0 heterocycles. The van der Waals surface area contributed by atoms with Gasteiger partial charge in [0.1, 0.15) is 17.3 Å². The van der Waals surface area contributed by atoms with Crippen molar-refractivity contribution in [2.24, 2.45) is 17.6 Å². The number of carbonyl (C=O) groups is 6. The zero-order valence-electron chi connectivity index (χ0n) is 57.8. The standard InChI is InChI=1S/C11H14OS.C9H11NO.2C7H14.C7H8.C6H13NS.C6H12OS.C5H11NOS.C5H10OS.C3H7NO.2C2H6/c1-8(12)10-4-6-11(7-5-10)9(2)13-3;1-7-3-5-9(6-4-7)10-8(2)11;3*1-7-5-3-2-4-6-7;2*1-6(7)4-3-5-8-2;1-4(7)5(6)3-8-2;1-5(6)3-4-7-2;1-3(5)4-2;2*1-2/h4-7,9H,1-3H3;3-6H,1-2H3,(H,10,11);2*7H,2-6H2,1H3;2-6H,1H3;7H,3-5H2,1-2H3;3-5H2,1-2H3;5H,3,6H2,1-2H3;3-4H2,1-2H3;1-2H3,(H,4,5);2*1-2H3. The highest BCUT2D eigenvalue weighted by atomic mass is 32.2. The minimum absolute atomic E-state index is 0.00463. The number of ketones is 4. The van der Waals surface area contributed by atoms with Gasteiger partial charge in [-0.25, -0.2) is 0 Å². The number of hydrogen-bond donors (Lipinski definition) is 4. The molecular formula is C70H126N4O6S5. The monoisotopic (exact) mass is 1280 g/mol. The van der Waals surface area contributed by atoms with E-state index in [1.54, 1.807) is 63.1 Å². The van der Waals surface area contributed by atoms with Gasteiger partial charge >= 0.3 is 0 Å². The van der Waals surface area contributed by atoms with Gasteiger partial charge in [-0.05, 0) is 153 Å². The van der Waals surface area contributed by atoms with E-state index in [2.05, 4.69) is 69.2 Å². The zero-order valence-corrected chi connectivity index (χ0v) is 61.9. The van der Waals surface area contributed by atoms with Gasteiger partial charge in [0.05, 0.1) is 6.04 Å². The Morgan fingerprint density at radius 2 is 0.953 bits per heavy atom. The number of thioether (sulfide) groups is 5. The van der Waals surface area contributed by atoms with Crippen molar-refractivity contribution in [1.82, 2.24) is 5.32 Å². The number of hydrogen-bond acceptors (Lipinski definition) is 13. The molecule has 0 bridgehead atoms. The Kier molecular flexibility index (Phi) is 82.0. The molecule has 5 rings (SSSR count). The Labute approximate surface area is 544 Å². The third-order valence-electron chi connectivity index (χ3n) is 11.9. The molecular weight excluding hydrogens is 1150 g/mol. The summed E-state index contributed by atoms with van der Waals surface area (Å²) in [6.45, 7) is 30.2. The van der Waals surface area contributed by atoms with Crippen molar-refractivity contribution in [3.05, 3.63) is 101 Å². The first-order valence-electron chi connectivity index (χ1n) is 30.7. The summed E-state index contributed by atoms with van der Waals surface area (Å²) in [6, 6.07) is 25.5. The summed E-state index contributed by atoms with van der Waals surface area (Å²) in [5.41, 5.74) is 11.6. The topological polar surface area (TPSA) is 176 Å². The Bertz CT molecular complexity index is 1940. The van der Waals surface area contributed by atoms with Crippen LogP contribution in [0, 0.1) is 31.1 Å². The van der Waals surface area contributed by atoms with Gasteiger partial charge in [-0.2, -0.15) is 58.8 Å². The molecule has 492 valence electrons. The number of Topliss-reactive ketones (excluding diaryl/α,β-unsaturated/α-hetero) is 4. The molecule has 2 amide bonds. The number of carbonyl (C=O) groups excluding carboxylic acids is 6. The maximum absolute atomic E-state index is 11.0. The predicted molar refractivity (Wildman–Crippen MR) is 392 cm³/mol. The number of aryl methyl sites for hydroxylation is 2. The molecule has 3 aromatic carbocycles. The third kappa shape index (κ3) is 82.8. The fourth-order valence-corrected chi connectivity index (χ4v) is 8.98. The van der Waals surface area contributed by atoms with E-state index in [4.69, 9.17) is 11.1 Å². The Hall–Kier alpha value is -3.34. The van der Waals surface area contributed by atoms with Gasteiger partial charge in [0.25, 0.3) is 0 Å². The lowest BCUT2D eigenvalue weighted by molar-refractivity contribution is -0.119. The lowest BCUT2D eigenvalue weighted by atomic mass is 9.91. The highest BCUT2D eigenvalue weighted by molar-refractivity contribution is 7.99. The van der Waals surface area contributed by atoms with Gasteiger partial charge < -0.3 is 26.6 Å². The number of benzene rings is 3. The van der Waals surface area contributed by atoms with Gasteiger partial charge in [0, 0.05) is 61.7 Å². The Morgan fingerprint density at radius 3 is 1.20 bits per heavy atom. The van der Waals surface area contributed by atoms with Crippen LogP contribution in [0.5, 0.6) is 0 Å². The molecule has 85 heavy (non-hydrogen) atoms. The first-order chi connectivity index (χ1) is 40.3. The summed E-state index contributed by atoms with van der Waals surface area (Å²) in [5.74, 6) is 6.83. The highest BCUT2D eigenvalue weighted by Crippen LogP contribution is 2.26. The lowest BCUT2D eigenvalue weighted by Gasteiger charge is -2.15. The molecule has 10 nitrogen and oxygen atoms in total. The van der Waals surface area contributed by atoms with Crippen LogP contribution in [0.2, 0.25) is 0 Å². The van der Waals surface area contributed by atoms with E-state index in [1.807, 2.05) is 144 Å². The second kappa shape index (κ2) is 73.1. The van der Waals surface area contributed by atoms with E-state index in [0.717, 1.165) is 78.2 Å². The van der Waals surface area contributed by atoms with Crippen LogP contribution in [-0.4, -0.2) is 108 Å².